The van der Waals surface area contributed by atoms with E-state index < -0.39 is 9.84 Å². The summed E-state index contributed by atoms with van der Waals surface area (Å²) < 4.78 is 23.9. The first kappa shape index (κ1) is 15.2. The van der Waals surface area contributed by atoms with Crippen LogP contribution in [0.2, 0.25) is 0 Å². The lowest BCUT2D eigenvalue weighted by atomic mass is 10.2. The van der Waals surface area contributed by atoms with Gasteiger partial charge in [-0.3, -0.25) is 9.78 Å². The lowest BCUT2D eigenvalue weighted by Crippen LogP contribution is -2.18. The zero-order valence-electron chi connectivity index (χ0n) is 11.4. The van der Waals surface area contributed by atoms with Crippen molar-refractivity contribution in [3.05, 3.63) is 60.4 Å². The van der Waals surface area contributed by atoms with Crippen LogP contribution in [0.4, 0.5) is 5.69 Å². The second-order valence-electron chi connectivity index (χ2n) is 4.61. The molecule has 0 aliphatic carbocycles. The molecule has 0 saturated heterocycles. The van der Waals surface area contributed by atoms with Crippen molar-refractivity contribution in [2.24, 2.45) is 0 Å². The van der Waals surface area contributed by atoms with Crippen molar-refractivity contribution in [1.29, 1.82) is 0 Å². The molecule has 0 aliphatic rings. The van der Waals surface area contributed by atoms with E-state index in [0.29, 0.717) is 5.69 Å². The molecule has 0 spiro atoms. The molecule has 0 bridgehead atoms. The largest absolute Gasteiger partial charge is 0.326 e. The van der Waals surface area contributed by atoms with Crippen molar-refractivity contribution >= 4 is 21.4 Å². The molecule has 1 aromatic heterocycles. The molecule has 0 aliphatic heterocycles. The van der Waals surface area contributed by atoms with E-state index in [1.165, 1.54) is 0 Å². The summed E-state index contributed by atoms with van der Waals surface area (Å²) in [7, 11) is -3.30. The van der Waals surface area contributed by atoms with E-state index in [9.17, 15) is 13.2 Å². The number of nitrogens with zero attached hydrogens (tertiary/aromatic N) is 1. The van der Waals surface area contributed by atoms with E-state index in [4.69, 9.17) is 0 Å². The molecule has 0 radical (unpaired) electrons. The number of nitrogens with one attached hydrogen (secondary N) is 1. The lowest BCUT2D eigenvalue weighted by molar-refractivity contribution is -0.115. The molecule has 21 heavy (non-hydrogen) atoms. The van der Waals surface area contributed by atoms with Gasteiger partial charge in [0, 0.05) is 24.5 Å². The van der Waals surface area contributed by atoms with E-state index in [0.717, 1.165) is 5.56 Å². The molecule has 0 fully saturated rings. The average Bonchev–Trinajstić information content (AvgIpc) is 2.47. The van der Waals surface area contributed by atoms with E-state index >= 15 is 0 Å². The fraction of sp³-hybridized carbons (Fsp3) is 0.200. The molecule has 1 amide bonds. The normalized spacial score (nSPS) is 11.0. The number of pyridine rings is 1. The van der Waals surface area contributed by atoms with Crippen LogP contribution in [0.1, 0.15) is 12.0 Å². The molecular weight excluding hydrogens is 288 g/mol. The molecule has 0 saturated carbocycles. The molecule has 0 atom stereocenters. The first-order chi connectivity index (χ1) is 10.1. The quantitative estimate of drug-likeness (QED) is 0.886. The van der Waals surface area contributed by atoms with E-state index in [2.05, 4.69) is 10.3 Å². The van der Waals surface area contributed by atoms with Gasteiger partial charge in [0.15, 0.2) is 9.84 Å². The van der Waals surface area contributed by atoms with Crippen LogP contribution in [0.5, 0.6) is 0 Å². The summed E-state index contributed by atoms with van der Waals surface area (Å²) in [5.41, 5.74) is 1.34. The van der Waals surface area contributed by atoms with Crippen LogP contribution in [-0.4, -0.2) is 25.1 Å². The number of carbonyl (C=O) groups excluding carboxylic acids is 1. The highest BCUT2D eigenvalue weighted by molar-refractivity contribution is 7.90. The molecule has 1 heterocycles. The van der Waals surface area contributed by atoms with Gasteiger partial charge in [-0.05, 0) is 17.7 Å². The van der Waals surface area contributed by atoms with Gasteiger partial charge in [0.1, 0.15) is 0 Å². The first-order valence-corrected chi connectivity index (χ1v) is 8.31. The van der Waals surface area contributed by atoms with Crippen LogP contribution in [0.25, 0.3) is 0 Å². The van der Waals surface area contributed by atoms with Crippen molar-refractivity contribution in [2.45, 2.75) is 12.2 Å². The Balaban J connectivity index is 1.85. The first-order valence-electron chi connectivity index (χ1n) is 6.49. The van der Waals surface area contributed by atoms with Crippen molar-refractivity contribution < 1.29 is 13.2 Å². The van der Waals surface area contributed by atoms with Gasteiger partial charge in [0.2, 0.25) is 5.91 Å². The standard InChI is InChI=1S/C15H16N2O3S/c18-15(17-14-6-9-16-10-7-14)8-11-21(19,20)12-13-4-2-1-3-5-13/h1-7,9-10H,8,11-12H2,(H,16,17,18). The number of anilines is 1. The lowest BCUT2D eigenvalue weighted by Gasteiger charge is -2.06. The number of benzene rings is 1. The van der Waals surface area contributed by atoms with Crippen LogP contribution in [0.3, 0.4) is 0 Å². The zero-order chi connectivity index (χ0) is 15.1. The molecular formula is C15H16N2O3S. The predicted octanol–water partition coefficient (Wildman–Crippen LogP) is 2.03. The number of sulfone groups is 1. The van der Waals surface area contributed by atoms with Crippen molar-refractivity contribution in [2.75, 3.05) is 11.1 Å². The third-order valence-corrected chi connectivity index (χ3v) is 4.43. The smallest absolute Gasteiger partial charge is 0.225 e. The second kappa shape index (κ2) is 6.99. The average molecular weight is 304 g/mol. The Labute approximate surface area is 124 Å². The third-order valence-electron chi connectivity index (χ3n) is 2.83. The van der Waals surface area contributed by atoms with Crippen LogP contribution < -0.4 is 5.32 Å². The minimum absolute atomic E-state index is 0.0453. The van der Waals surface area contributed by atoms with E-state index in [1.807, 2.05) is 6.07 Å². The summed E-state index contributed by atoms with van der Waals surface area (Å²) in [6, 6.07) is 12.2. The predicted molar refractivity (Wildman–Crippen MR) is 81.4 cm³/mol. The van der Waals surface area contributed by atoms with Gasteiger partial charge in [-0.2, -0.15) is 0 Å². The van der Waals surface area contributed by atoms with Gasteiger partial charge in [-0.15, -0.1) is 0 Å². The molecule has 2 rings (SSSR count). The number of rotatable bonds is 6. The minimum Gasteiger partial charge on any atom is -0.326 e. The molecule has 110 valence electrons. The highest BCUT2D eigenvalue weighted by atomic mass is 32.2. The summed E-state index contributed by atoms with van der Waals surface area (Å²) in [6.07, 6.45) is 3.06. The Morgan fingerprint density at radius 3 is 2.38 bits per heavy atom. The van der Waals surface area contributed by atoms with Crippen LogP contribution in [0.15, 0.2) is 54.9 Å². The van der Waals surface area contributed by atoms with Crippen LogP contribution in [0, 0.1) is 0 Å². The van der Waals surface area contributed by atoms with Gasteiger partial charge >= 0.3 is 0 Å². The summed E-state index contributed by atoms with van der Waals surface area (Å²) >= 11 is 0. The van der Waals surface area contributed by atoms with E-state index in [1.54, 1.807) is 48.8 Å². The second-order valence-corrected chi connectivity index (χ2v) is 6.80. The van der Waals surface area contributed by atoms with Crippen molar-refractivity contribution in [3.63, 3.8) is 0 Å². The molecule has 1 N–H and O–H groups in total. The highest BCUT2D eigenvalue weighted by Gasteiger charge is 2.14. The van der Waals surface area contributed by atoms with Crippen molar-refractivity contribution in [3.8, 4) is 0 Å². The van der Waals surface area contributed by atoms with Gasteiger partial charge in [-0.25, -0.2) is 8.42 Å². The van der Waals surface area contributed by atoms with Crippen LogP contribution in [-0.2, 0) is 20.4 Å². The van der Waals surface area contributed by atoms with Gasteiger partial charge in [0.05, 0.1) is 11.5 Å². The summed E-state index contributed by atoms with van der Waals surface area (Å²) in [5, 5.41) is 2.63. The van der Waals surface area contributed by atoms with Gasteiger partial charge < -0.3 is 5.32 Å². The number of hydrogen-bond donors (Lipinski definition) is 1. The Kier molecular flexibility index (Phi) is 5.05. The Morgan fingerprint density at radius 2 is 1.71 bits per heavy atom. The summed E-state index contributed by atoms with van der Waals surface area (Å²) in [5.74, 6) is -0.535. The maximum atomic E-state index is 12.0. The zero-order valence-corrected chi connectivity index (χ0v) is 12.2. The number of amides is 1. The van der Waals surface area contributed by atoms with Gasteiger partial charge in [-0.1, -0.05) is 30.3 Å². The van der Waals surface area contributed by atoms with E-state index in [-0.39, 0.29) is 23.8 Å². The topological polar surface area (TPSA) is 76.1 Å². The Morgan fingerprint density at radius 1 is 1.05 bits per heavy atom. The maximum Gasteiger partial charge on any atom is 0.225 e. The number of carbonyl (C=O) groups is 1. The van der Waals surface area contributed by atoms with Gasteiger partial charge in [0.25, 0.3) is 0 Å². The third kappa shape index (κ3) is 5.35. The SMILES string of the molecule is O=C(CCS(=O)(=O)Cc1ccccc1)Nc1ccncc1. The summed E-state index contributed by atoms with van der Waals surface area (Å²) in [4.78, 5) is 15.6. The molecule has 0 unspecified atom stereocenters. The minimum atomic E-state index is -3.30. The Bertz CT molecular complexity index is 685. The molecule has 2 aromatic rings. The fourth-order valence-electron chi connectivity index (χ4n) is 1.81. The fourth-order valence-corrected chi connectivity index (χ4v) is 3.15. The van der Waals surface area contributed by atoms with Crippen LogP contribution >= 0.6 is 0 Å². The Hall–Kier alpha value is -2.21. The van der Waals surface area contributed by atoms with Crippen molar-refractivity contribution in [1.82, 2.24) is 4.98 Å². The number of aromatic nitrogens is 1. The highest BCUT2D eigenvalue weighted by Crippen LogP contribution is 2.08. The molecule has 6 heteroatoms. The number of hydrogen-bond acceptors (Lipinski definition) is 4. The molecule has 5 nitrogen and oxygen atoms in total. The molecule has 1 aromatic carbocycles. The monoisotopic (exact) mass is 304 g/mol. The summed E-state index contributed by atoms with van der Waals surface area (Å²) in [6.45, 7) is 0. The maximum absolute atomic E-state index is 12.0.